The second-order valence-corrected chi connectivity index (χ2v) is 5.94. The topological polar surface area (TPSA) is 76.3 Å². The third kappa shape index (κ3) is 2.70. The highest BCUT2D eigenvalue weighted by molar-refractivity contribution is 6.06. The Bertz CT molecular complexity index is 772. The van der Waals surface area contributed by atoms with Crippen LogP contribution in [0.25, 0.3) is 0 Å². The zero-order chi connectivity index (χ0) is 16.6. The molecular formula is C18H19N3O2. The molecule has 0 spiro atoms. The first kappa shape index (κ1) is 15.2. The van der Waals surface area contributed by atoms with E-state index in [0.29, 0.717) is 12.1 Å². The number of aryl methyl sites for hydroxylation is 1. The number of carbonyl (C=O) groups excluding carboxylic acids is 2. The number of para-hydroxylation sites is 1. The van der Waals surface area contributed by atoms with Crippen molar-refractivity contribution in [3.05, 3.63) is 59.4 Å². The van der Waals surface area contributed by atoms with E-state index in [4.69, 9.17) is 5.73 Å². The minimum atomic E-state index is -0.365. The highest BCUT2D eigenvalue weighted by Crippen LogP contribution is 2.38. The van der Waals surface area contributed by atoms with Crippen molar-refractivity contribution < 1.29 is 9.59 Å². The summed E-state index contributed by atoms with van der Waals surface area (Å²) in [5.41, 5.74) is 8.29. The van der Waals surface area contributed by atoms with Crippen LogP contribution in [0.2, 0.25) is 0 Å². The summed E-state index contributed by atoms with van der Waals surface area (Å²) < 4.78 is 0. The molecule has 5 heteroatoms. The molecule has 0 radical (unpaired) electrons. The van der Waals surface area contributed by atoms with Crippen LogP contribution in [0.3, 0.4) is 0 Å². The third-order valence-corrected chi connectivity index (χ3v) is 4.26. The maximum absolute atomic E-state index is 12.9. The number of nitrogens with two attached hydrogens (primary N) is 1. The smallest absolute Gasteiger partial charge is 0.277 e. The number of hydrogen-bond donors (Lipinski definition) is 1. The summed E-state index contributed by atoms with van der Waals surface area (Å²) >= 11 is 0. The standard InChI is InChI=1S/C18H19N3O2/c1-11-6-5-8-15(20-11)18(23)21-12(2)10-14(17(19)22)13-7-3-4-9-16(13)21/h3-9,12,14H,10H2,1-2H3,(H2,19,22)/t12-,14+/m0/s1. The maximum atomic E-state index is 12.9. The zero-order valence-corrected chi connectivity index (χ0v) is 13.2. The number of amides is 2. The molecular weight excluding hydrogens is 290 g/mol. The molecule has 1 aliphatic rings. The van der Waals surface area contributed by atoms with Crippen LogP contribution in [0.15, 0.2) is 42.5 Å². The van der Waals surface area contributed by atoms with Crippen molar-refractivity contribution in [2.75, 3.05) is 4.90 Å². The van der Waals surface area contributed by atoms with E-state index in [1.807, 2.05) is 50.2 Å². The molecule has 2 N–H and O–H groups in total. The lowest BCUT2D eigenvalue weighted by Gasteiger charge is -2.38. The summed E-state index contributed by atoms with van der Waals surface area (Å²) in [6, 6.07) is 12.7. The van der Waals surface area contributed by atoms with Crippen molar-refractivity contribution in [1.29, 1.82) is 0 Å². The number of rotatable bonds is 2. The van der Waals surface area contributed by atoms with Crippen LogP contribution in [0.5, 0.6) is 0 Å². The molecule has 3 rings (SSSR count). The minimum Gasteiger partial charge on any atom is -0.369 e. The molecule has 0 bridgehead atoms. The number of hydrogen-bond acceptors (Lipinski definition) is 3. The lowest BCUT2D eigenvalue weighted by atomic mass is 9.85. The lowest BCUT2D eigenvalue weighted by molar-refractivity contribution is -0.119. The Labute approximate surface area is 135 Å². The summed E-state index contributed by atoms with van der Waals surface area (Å²) in [5.74, 6) is -0.877. The van der Waals surface area contributed by atoms with Crippen LogP contribution in [0.1, 0.15) is 41.0 Å². The van der Waals surface area contributed by atoms with E-state index < -0.39 is 0 Å². The van der Waals surface area contributed by atoms with Gasteiger partial charge in [0.15, 0.2) is 0 Å². The number of primary amides is 1. The van der Waals surface area contributed by atoms with Crippen molar-refractivity contribution in [2.45, 2.75) is 32.2 Å². The Hall–Kier alpha value is -2.69. The number of nitrogens with zero attached hydrogens (tertiary/aromatic N) is 2. The van der Waals surface area contributed by atoms with E-state index in [-0.39, 0.29) is 23.8 Å². The van der Waals surface area contributed by atoms with Gasteiger partial charge >= 0.3 is 0 Å². The van der Waals surface area contributed by atoms with Crippen molar-refractivity contribution in [3.63, 3.8) is 0 Å². The highest BCUT2D eigenvalue weighted by atomic mass is 16.2. The summed E-state index contributed by atoms with van der Waals surface area (Å²) in [4.78, 5) is 30.8. The molecule has 2 atom stereocenters. The summed E-state index contributed by atoms with van der Waals surface area (Å²) in [6.07, 6.45) is 0.518. The zero-order valence-electron chi connectivity index (χ0n) is 13.2. The Morgan fingerprint density at radius 3 is 2.61 bits per heavy atom. The molecule has 0 unspecified atom stereocenters. The fourth-order valence-electron chi connectivity index (χ4n) is 3.18. The van der Waals surface area contributed by atoms with E-state index in [2.05, 4.69) is 4.98 Å². The second kappa shape index (κ2) is 5.83. The molecule has 0 saturated heterocycles. The number of benzene rings is 1. The van der Waals surface area contributed by atoms with Gasteiger partial charge in [0, 0.05) is 17.4 Å². The molecule has 23 heavy (non-hydrogen) atoms. The molecule has 2 amide bonds. The highest BCUT2D eigenvalue weighted by Gasteiger charge is 2.36. The lowest BCUT2D eigenvalue weighted by Crippen LogP contribution is -2.45. The maximum Gasteiger partial charge on any atom is 0.277 e. The largest absolute Gasteiger partial charge is 0.369 e. The molecule has 5 nitrogen and oxygen atoms in total. The number of fused-ring (bicyclic) bond motifs is 1. The summed E-state index contributed by atoms with van der Waals surface area (Å²) in [7, 11) is 0. The Morgan fingerprint density at radius 2 is 1.91 bits per heavy atom. The predicted molar refractivity (Wildman–Crippen MR) is 88.2 cm³/mol. The molecule has 0 fully saturated rings. The molecule has 0 saturated carbocycles. The fourth-order valence-corrected chi connectivity index (χ4v) is 3.18. The molecule has 1 aromatic heterocycles. The van der Waals surface area contributed by atoms with E-state index in [0.717, 1.165) is 16.9 Å². The molecule has 118 valence electrons. The van der Waals surface area contributed by atoms with E-state index in [1.165, 1.54) is 0 Å². The van der Waals surface area contributed by atoms with Gasteiger partial charge in [0.2, 0.25) is 5.91 Å². The van der Waals surface area contributed by atoms with Crippen molar-refractivity contribution >= 4 is 17.5 Å². The molecule has 2 aromatic rings. The molecule has 0 aliphatic carbocycles. The van der Waals surface area contributed by atoms with Gasteiger partial charge in [0.1, 0.15) is 5.69 Å². The van der Waals surface area contributed by atoms with E-state index in [1.54, 1.807) is 11.0 Å². The van der Waals surface area contributed by atoms with E-state index >= 15 is 0 Å². The van der Waals surface area contributed by atoms with Gasteiger partial charge in [0.25, 0.3) is 5.91 Å². The van der Waals surface area contributed by atoms with Gasteiger partial charge in [-0.2, -0.15) is 0 Å². The summed E-state index contributed by atoms with van der Waals surface area (Å²) in [5, 5.41) is 0. The average molecular weight is 309 g/mol. The Kier molecular flexibility index (Phi) is 3.86. The normalized spacial score (nSPS) is 20.0. The summed E-state index contributed by atoms with van der Waals surface area (Å²) in [6.45, 7) is 3.78. The van der Waals surface area contributed by atoms with Crippen LogP contribution < -0.4 is 10.6 Å². The van der Waals surface area contributed by atoms with Crippen LogP contribution in [-0.2, 0) is 4.79 Å². The van der Waals surface area contributed by atoms with Crippen molar-refractivity contribution in [3.8, 4) is 0 Å². The van der Waals surface area contributed by atoms with Crippen LogP contribution in [-0.4, -0.2) is 22.8 Å². The van der Waals surface area contributed by atoms with Gasteiger partial charge in [-0.05, 0) is 44.0 Å². The average Bonchev–Trinajstić information content (AvgIpc) is 2.53. The van der Waals surface area contributed by atoms with Gasteiger partial charge in [-0.25, -0.2) is 4.98 Å². The van der Waals surface area contributed by atoms with Gasteiger partial charge in [-0.3, -0.25) is 9.59 Å². The quantitative estimate of drug-likeness (QED) is 0.925. The first-order valence-corrected chi connectivity index (χ1v) is 7.64. The first-order valence-electron chi connectivity index (χ1n) is 7.64. The van der Waals surface area contributed by atoms with Crippen molar-refractivity contribution in [2.24, 2.45) is 5.73 Å². The SMILES string of the molecule is Cc1cccc(C(=O)N2c3ccccc3[C@H](C(N)=O)C[C@@H]2C)n1. The molecule has 2 heterocycles. The van der Waals surface area contributed by atoms with E-state index in [9.17, 15) is 9.59 Å². The van der Waals surface area contributed by atoms with Gasteiger partial charge in [-0.1, -0.05) is 24.3 Å². The minimum absolute atomic E-state index is 0.128. The van der Waals surface area contributed by atoms with Crippen LogP contribution >= 0.6 is 0 Å². The molecule has 1 aliphatic heterocycles. The predicted octanol–water partition coefficient (Wildman–Crippen LogP) is 2.40. The molecule has 1 aromatic carbocycles. The first-order chi connectivity index (χ1) is 11.0. The van der Waals surface area contributed by atoms with Gasteiger partial charge < -0.3 is 10.6 Å². The third-order valence-electron chi connectivity index (χ3n) is 4.26. The van der Waals surface area contributed by atoms with Gasteiger partial charge in [-0.15, -0.1) is 0 Å². The number of pyridine rings is 1. The van der Waals surface area contributed by atoms with Crippen LogP contribution in [0.4, 0.5) is 5.69 Å². The monoisotopic (exact) mass is 309 g/mol. The number of aromatic nitrogens is 1. The Morgan fingerprint density at radius 1 is 1.17 bits per heavy atom. The van der Waals surface area contributed by atoms with Gasteiger partial charge in [0.05, 0.1) is 5.92 Å². The number of anilines is 1. The Balaban J connectivity index is 2.07. The second-order valence-electron chi connectivity index (χ2n) is 5.94. The number of carbonyl (C=O) groups is 2. The van der Waals surface area contributed by atoms with Crippen LogP contribution in [0, 0.1) is 6.92 Å². The van der Waals surface area contributed by atoms with Crippen molar-refractivity contribution in [1.82, 2.24) is 4.98 Å². The fraction of sp³-hybridized carbons (Fsp3) is 0.278.